The molecule has 7 nitrogen and oxygen atoms in total. The van der Waals surface area contributed by atoms with E-state index in [0.29, 0.717) is 29.8 Å². The van der Waals surface area contributed by atoms with E-state index >= 15 is 0 Å². The molecule has 0 atom stereocenters. The second kappa shape index (κ2) is 13.2. The maximum Gasteiger partial charge on any atom is 0.407 e. The molecule has 2 rings (SSSR count). The van der Waals surface area contributed by atoms with Gasteiger partial charge in [-0.25, -0.2) is 9.59 Å². The maximum absolute atomic E-state index is 13.2. The first-order valence-corrected chi connectivity index (χ1v) is 13.6. The Labute approximate surface area is 239 Å². The van der Waals surface area contributed by atoms with Crippen LogP contribution in [0.15, 0.2) is 42.5 Å². The van der Waals surface area contributed by atoms with E-state index in [2.05, 4.69) is 52.9 Å². The van der Waals surface area contributed by atoms with Gasteiger partial charge < -0.3 is 19.5 Å². The molecular formula is C33H45NO6. The minimum atomic E-state index is -0.574. The predicted molar refractivity (Wildman–Crippen MR) is 159 cm³/mol. The Bertz CT molecular complexity index is 1210. The molecule has 218 valence electrons. The van der Waals surface area contributed by atoms with Crippen LogP contribution in [0.3, 0.4) is 0 Å². The van der Waals surface area contributed by atoms with Crippen LogP contribution in [0.25, 0.3) is 6.08 Å². The van der Waals surface area contributed by atoms with Gasteiger partial charge in [-0.3, -0.25) is 4.79 Å². The summed E-state index contributed by atoms with van der Waals surface area (Å²) in [6.07, 6.45) is 3.25. The first-order chi connectivity index (χ1) is 18.4. The zero-order valence-corrected chi connectivity index (χ0v) is 25.7. The lowest BCUT2D eigenvalue weighted by molar-refractivity contribution is 0.0525. The van der Waals surface area contributed by atoms with Crippen molar-refractivity contribution in [1.82, 2.24) is 5.32 Å². The van der Waals surface area contributed by atoms with E-state index in [1.165, 1.54) is 13.2 Å². The number of carbonyl (C=O) groups excluding carboxylic acids is 3. The van der Waals surface area contributed by atoms with Gasteiger partial charge >= 0.3 is 12.1 Å². The molecule has 0 spiro atoms. The van der Waals surface area contributed by atoms with Crippen molar-refractivity contribution in [1.29, 1.82) is 0 Å². The highest BCUT2D eigenvalue weighted by molar-refractivity contribution is 6.07. The van der Waals surface area contributed by atoms with E-state index in [1.807, 2.05) is 12.1 Å². The van der Waals surface area contributed by atoms with Crippen LogP contribution in [0.2, 0.25) is 0 Å². The number of ketones is 1. The van der Waals surface area contributed by atoms with Gasteiger partial charge in [0.15, 0.2) is 5.78 Å². The summed E-state index contributed by atoms with van der Waals surface area (Å²) in [5.41, 5.74) is 3.05. The van der Waals surface area contributed by atoms with Gasteiger partial charge in [0.25, 0.3) is 0 Å². The fourth-order valence-electron chi connectivity index (χ4n) is 3.70. The number of nitrogens with one attached hydrogen (secondary N) is 1. The second-order valence-corrected chi connectivity index (χ2v) is 12.9. The van der Waals surface area contributed by atoms with Gasteiger partial charge in [-0.2, -0.15) is 0 Å². The van der Waals surface area contributed by atoms with E-state index in [4.69, 9.17) is 14.2 Å². The lowest BCUT2D eigenvalue weighted by atomic mass is 9.79. The molecule has 0 aliphatic heterocycles. The molecule has 0 aliphatic carbocycles. The van der Waals surface area contributed by atoms with E-state index in [0.717, 1.165) is 11.1 Å². The number of hydrogen-bond donors (Lipinski definition) is 1. The summed E-state index contributed by atoms with van der Waals surface area (Å²) in [7, 11) is 1.31. The highest BCUT2D eigenvalue weighted by Crippen LogP contribution is 2.31. The van der Waals surface area contributed by atoms with Gasteiger partial charge in [-0.05, 0) is 85.1 Å². The van der Waals surface area contributed by atoms with Gasteiger partial charge in [0.2, 0.25) is 0 Å². The molecule has 2 aromatic carbocycles. The summed E-state index contributed by atoms with van der Waals surface area (Å²) >= 11 is 0. The number of methoxy groups -OCH3 is 1. The first-order valence-electron chi connectivity index (χ1n) is 13.6. The largest absolute Gasteiger partial charge is 0.493 e. The summed E-state index contributed by atoms with van der Waals surface area (Å²) in [6.45, 7) is 18.8. The Kier molecular flexibility index (Phi) is 10.7. The average molecular weight is 552 g/mol. The number of alkyl carbamates (subject to hydrolysis) is 1. The molecule has 40 heavy (non-hydrogen) atoms. The second-order valence-electron chi connectivity index (χ2n) is 12.9. The Morgan fingerprint density at radius 2 is 1.45 bits per heavy atom. The summed E-state index contributed by atoms with van der Waals surface area (Å²) in [4.78, 5) is 37.3. The number of amides is 1. The fourth-order valence-corrected chi connectivity index (χ4v) is 3.70. The number of benzene rings is 2. The van der Waals surface area contributed by atoms with Crippen molar-refractivity contribution >= 4 is 23.9 Å². The molecule has 2 aromatic rings. The Hall–Kier alpha value is -3.61. The Morgan fingerprint density at radius 1 is 0.850 bits per heavy atom. The predicted octanol–water partition coefficient (Wildman–Crippen LogP) is 7.26. The van der Waals surface area contributed by atoms with Crippen molar-refractivity contribution in [3.63, 3.8) is 0 Å². The third kappa shape index (κ3) is 10.2. The number of ether oxygens (including phenoxy) is 3. The molecule has 0 saturated carbocycles. The third-order valence-electron chi connectivity index (χ3n) is 6.03. The zero-order chi connectivity index (χ0) is 30.3. The van der Waals surface area contributed by atoms with Crippen LogP contribution in [-0.2, 0) is 20.3 Å². The topological polar surface area (TPSA) is 90.9 Å². The molecule has 0 saturated heterocycles. The molecule has 0 fully saturated rings. The minimum Gasteiger partial charge on any atom is -0.493 e. The van der Waals surface area contributed by atoms with E-state index in [1.54, 1.807) is 45.0 Å². The lowest BCUT2D eigenvalue weighted by Gasteiger charge is -2.25. The summed E-state index contributed by atoms with van der Waals surface area (Å²) < 4.78 is 16.0. The van der Waals surface area contributed by atoms with Crippen LogP contribution in [0, 0.1) is 0 Å². The highest BCUT2D eigenvalue weighted by atomic mass is 16.6. The number of esters is 1. The number of carbonyl (C=O) groups is 3. The van der Waals surface area contributed by atoms with Gasteiger partial charge in [0, 0.05) is 12.1 Å². The Morgan fingerprint density at radius 3 is 1.98 bits per heavy atom. The molecule has 0 radical (unpaired) electrons. The summed E-state index contributed by atoms with van der Waals surface area (Å²) in [5.74, 6) is -0.296. The van der Waals surface area contributed by atoms with Crippen molar-refractivity contribution in [2.75, 3.05) is 20.3 Å². The van der Waals surface area contributed by atoms with Crippen LogP contribution in [-0.4, -0.2) is 43.7 Å². The van der Waals surface area contributed by atoms with Crippen LogP contribution in [0.5, 0.6) is 5.75 Å². The van der Waals surface area contributed by atoms with Crippen molar-refractivity contribution in [2.45, 2.75) is 85.2 Å². The van der Waals surface area contributed by atoms with E-state index in [9.17, 15) is 14.4 Å². The molecular weight excluding hydrogens is 506 g/mol. The first kappa shape index (κ1) is 32.6. The van der Waals surface area contributed by atoms with Crippen molar-refractivity contribution < 1.29 is 28.6 Å². The number of allylic oxidation sites excluding steroid dienone is 1. The number of rotatable bonds is 9. The standard InChI is InChI=1S/C33H45NO6/c1-31(2,3)24-19-23(20-25(21-24)32(4,5)6)27(35)15-13-22-12-14-26(29(36)38-10)28(18-22)39-17-11-16-34-30(37)40-33(7,8)9/h12-15,18-21H,11,16-17H2,1-10H3,(H,34,37)/b15-13+. The summed E-state index contributed by atoms with van der Waals surface area (Å²) in [5, 5.41) is 2.68. The molecule has 0 aliphatic rings. The quantitative estimate of drug-likeness (QED) is 0.153. The van der Waals surface area contributed by atoms with Gasteiger partial charge in [-0.15, -0.1) is 0 Å². The van der Waals surface area contributed by atoms with Gasteiger partial charge in [-0.1, -0.05) is 59.8 Å². The minimum absolute atomic E-state index is 0.0988. The third-order valence-corrected chi connectivity index (χ3v) is 6.03. The van der Waals surface area contributed by atoms with Crippen LogP contribution in [0.1, 0.15) is 106 Å². The Balaban J connectivity index is 2.20. The van der Waals surface area contributed by atoms with Crippen molar-refractivity contribution in [3.8, 4) is 5.75 Å². The summed E-state index contributed by atoms with van der Waals surface area (Å²) in [6, 6.07) is 11.1. The average Bonchev–Trinajstić information content (AvgIpc) is 2.84. The van der Waals surface area contributed by atoms with E-state index in [-0.39, 0.29) is 28.8 Å². The molecule has 0 aromatic heterocycles. The molecule has 1 amide bonds. The highest BCUT2D eigenvalue weighted by Gasteiger charge is 2.22. The monoisotopic (exact) mass is 551 g/mol. The molecule has 0 unspecified atom stereocenters. The van der Waals surface area contributed by atoms with E-state index < -0.39 is 17.7 Å². The van der Waals surface area contributed by atoms with Crippen LogP contribution in [0.4, 0.5) is 4.79 Å². The molecule has 0 heterocycles. The van der Waals surface area contributed by atoms with Crippen LogP contribution < -0.4 is 10.1 Å². The fraction of sp³-hybridized carbons (Fsp3) is 0.485. The van der Waals surface area contributed by atoms with Crippen LogP contribution >= 0.6 is 0 Å². The van der Waals surface area contributed by atoms with Gasteiger partial charge in [0.1, 0.15) is 16.9 Å². The lowest BCUT2D eigenvalue weighted by Crippen LogP contribution is -2.33. The molecule has 0 bridgehead atoms. The molecule has 7 heteroatoms. The smallest absolute Gasteiger partial charge is 0.407 e. The zero-order valence-electron chi connectivity index (χ0n) is 25.7. The molecule has 1 N–H and O–H groups in total. The normalized spacial score (nSPS) is 12.2. The number of hydrogen-bond acceptors (Lipinski definition) is 6. The van der Waals surface area contributed by atoms with Gasteiger partial charge in [0.05, 0.1) is 13.7 Å². The SMILES string of the molecule is COC(=O)c1ccc(/C=C/C(=O)c2cc(C(C)(C)C)cc(C(C)(C)C)c2)cc1OCCCNC(=O)OC(C)(C)C. The maximum atomic E-state index is 13.2. The van der Waals surface area contributed by atoms with Crippen molar-refractivity contribution in [3.05, 3.63) is 70.3 Å². The van der Waals surface area contributed by atoms with Crippen molar-refractivity contribution in [2.24, 2.45) is 0 Å².